The van der Waals surface area contributed by atoms with Crippen LogP contribution in [-0.2, 0) is 6.54 Å². The van der Waals surface area contributed by atoms with Gasteiger partial charge in [-0.25, -0.2) is 0 Å². The molecule has 1 amide bonds. The normalized spacial score (nSPS) is 10.4. The first-order chi connectivity index (χ1) is 12.1. The maximum absolute atomic E-state index is 12.6. The molecule has 0 unspecified atom stereocenters. The number of benzene rings is 2. The summed E-state index contributed by atoms with van der Waals surface area (Å²) in [7, 11) is 1.64. The second-order valence-electron chi connectivity index (χ2n) is 5.68. The van der Waals surface area contributed by atoms with Crippen molar-refractivity contribution in [2.75, 3.05) is 7.05 Å². The molecule has 0 atom stereocenters. The number of hydrogen-bond acceptors (Lipinski definition) is 3. The molecule has 6 nitrogen and oxygen atoms in total. The van der Waals surface area contributed by atoms with Crippen molar-refractivity contribution in [2.24, 2.45) is 0 Å². The topological polar surface area (TPSA) is 68.4 Å². The fraction of sp³-hybridized carbons (Fsp3) is 0.105. The quantitative estimate of drug-likeness (QED) is 0.528. The summed E-state index contributed by atoms with van der Waals surface area (Å²) in [5, 5.41) is 11.1. The third kappa shape index (κ3) is 3.58. The summed E-state index contributed by atoms with van der Waals surface area (Å²) < 4.78 is 1.95. The number of rotatable bonds is 5. The van der Waals surface area contributed by atoms with Crippen molar-refractivity contribution >= 4 is 11.6 Å². The van der Waals surface area contributed by atoms with Crippen LogP contribution in [0, 0.1) is 10.1 Å². The summed E-state index contributed by atoms with van der Waals surface area (Å²) in [6.07, 6.45) is 3.86. The molecule has 0 saturated heterocycles. The highest BCUT2D eigenvalue weighted by atomic mass is 16.6. The molecule has 0 fully saturated rings. The van der Waals surface area contributed by atoms with Crippen molar-refractivity contribution in [3.05, 3.63) is 94.3 Å². The highest BCUT2D eigenvalue weighted by Gasteiger charge is 2.18. The third-order valence-corrected chi connectivity index (χ3v) is 3.96. The molecule has 0 bridgehead atoms. The highest BCUT2D eigenvalue weighted by molar-refractivity contribution is 5.94. The Hall–Kier alpha value is -3.41. The molecule has 0 aliphatic heterocycles. The minimum absolute atomic E-state index is 0.0186. The number of para-hydroxylation sites is 1. The van der Waals surface area contributed by atoms with Crippen LogP contribution >= 0.6 is 0 Å². The maximum Gasteiger partial charge on any atom is 0.274 e. The van der Waals surface area contributed by atoms with Crippen molar-refractivity contribution in [3.8, 4) is 5.69 Å². The van der Waals surface area contributed by atoms with Gasteiger partial charge >= 0.3 is 0 Å². The van der Waals surface area contributed by atoms with E-state index >= 15 is 0 Å². The van der Waals surface area contributed by atoms with Crippen LogP contribution in [0.25, 0.3) is 5.69 Å². The molecule has 25 heavy (non-hydrogen) atoms. The zero-order chi connectivity index (χ0) is 17.8. The van der Waals surface area contributed by atoms with Crippen molar-refractivity contribution in [1.29, 1.82) is 0 Å². The molecule has 3 rings (SSSR count). The van der Waals surface area contributed by atoms with Crippen LogP contribution in [0.5, 0.6) is 0 Å². The first kappa shape index (κ1) is 16.4. The fourth-order valence-electron chi connectivity index (χ4n) is 2.65. The van der Waals surface area contributed by atoms with Crippen LogP contribution in [0.3, 0.4) is 0 Å². The van der Waals surface area contributed by atoms with E-state index in [0.717, 1.165) is 5.69 Å². The van der Waals surface area contributed by atoms with Crippen LogP contribution in [0.2, 0.25) is 0 Å². The van der Waals surface area contributed by atoms with Gasteiger partial charge in [0.25, 0.3) is 11.6 Å². The number of amides is 1. The molecule has 2 aromatic carbocycles. The Morgan fingerprint density at radius 3 is 2.32 bits per heavy atom. The summed E-state index contributed by atoms with van der Waals surface area (Å²) in [6, 6.07) is 17.6. The fourth-order valence-corrected chi connectivity index (χ4v) is 2.65. The molecule has 1 heterocycles. The lowest BCUT2D eigenvalue weighted by molar-refractivity contribution is -0.385. The van der Waals surface area contributed by atoms with E-state index in [1.165, 1.54) is 11.0 Å². The van der Waals surface area contributed by atoms with Gasteiger partial charge < -0.3 is 9.47 Å². The molecular weight excluding hydrogens is 318 g/mol. The molecule has 0 radical (unpaired) electrons. The van der Waals surface area contributed by atoms with Crippen LogP contribution in [0.1, 0.15) is 15.9 Å². The average molecular weight is 335 g/mol. The highest BCUT2D eigenvalue weighted by Crippen LogP contribution is 2.20. The molecule has 0 aliphatic carbocycles. The minimum Gasteiger partial charge on any atom is -0.337 e. The predicted molar refractivity (Wildman–Crippen MR) is 94.7 cm³/mol. The molecular formula is C19H17N3O3. The van der Waals surface area contributed by atoms with E-state index in [1.807, 2.05) is 41.2 Å². The van der Waals surface area contributed by atoms with E-state index in [9.17, 15) is 14.9 Å². The monoisotopic (exact) mass is 335 g/mol. The number of hydrogen-bond donors (Lipinski definition) is 0. The van der Waals surface area contributed by atoms with Crippen LogP contribution in [0.15, 0.2) is 73.1 Å². The number of carbonyl (C=O) groups is 1. The largest absolute Gasteiger partial charge is 0.337 e. The lowest BCUT2D eigenvalue weighted by atomic mass is 10.1. The maximum atomic E-state index is 12.6. The first-order valence-corrected chi connectivity index (χ1v) is 7.77. The van der Waals surface area contributed by atoms with E-state index in [1.54, 1.807) is 37.4 Å². The Balaban J connectivity index is 1.76. The van der Waals surface area contributed by atoms with E-state index in [4.69, 9.17) is 0 Å². The zero-order valence-corrected chi connectivity index (χ0v) is 13.7. The Labute approximate surface area is 145 Å². The van der Waals surface area contributed by atoms with Crippen molar-refractivity contribution in [2.45, 2.75) is 6.54 Å². The lowest BCUT2D eigenvalue weighted by Gasteiger charge is -2.17. The number of carbonyl (C=O) groups excluding carboxylic acids is 1. The number of aromatic nitrogens is 1. The molecule has 0 saturated carbocycles. The van der Waals surface area contributed by atoms with Gasteiger partial charge in [0.2, 0.25) is 0 Å². The van der Waals surface area contributed by atoms with E-state index in [2.05, 4.69) is 0 Å². The van der Waals surface area contributed by atoms with E-state index in [0.29, 0.717) is 11.1 Å². The molecule has 6 heteroatoms. The summed E-state index contributed by atoms with van der Waals surface area (Å²) in [6.45, 7) is 0.176. The van der Waals surface area contributed by atoms with Crippen LogP contribution in [-0.4, -0.2) is 27.3 Å². The minimum atomic E-state index is -0.431. The second kappa shape index (κ2) is 7.00. The molecule has 0 aliphatic rings. The summed E-state index contributed by atoms with van der Waals surface area (Å²) in [5.74, 6) is -0.183. The molecule has 0 spiro atoms. The van der Waals surface area contributed by atoms with Gasteiger partial charge in [-0.1, -0.05) is 18.2 Å². The Morgan fingerprint density at radius 1 is 1.04 bits per heavy atom. The Bertz CT molecular complexity index is 887. The van der Waals surface area contributed by atoms with Gasteiger partial charge in [-0.05, 0) is 36.4 Å². The zero-order valence-electron chi connectivity index (χ0n) is 13.7. The van der Waals surface area contributed by atoms with Gasteiger partial charge in [0.15, 0.2) is 0 Å². The Kier molecular flexibility index (Phi) is 4.61. The number of nitro groups is 1. The standard InChI is InChI=1S/C19H17N3O3/c1-20(14-16-6-2-3-7-18(16)22(24)25)19(23)15-8-10-17(11-9-15)21-12-4-5-13-21/h2-13H,14H2,1H3. The third-order valence-electron chi connectivity index (χ3n) is 3.96. The summed E-state index contributed by atoms with van der Waals surface area (Å²) in [5.41, 5.74) is 2.03. The van der Waals surface area contributed by atoms with E-state index < -0.39 is 4.92 Å². The van der Waals surface area contributed by atoms with Gasteiger partial charge in [-0.2, -0.15) is 0 Å². The van der Waals surface area contributed by atoms with Gasteiger partial charge in [-0.3, -0.25) is 14.9 Å². The number of nitrogens with zero attached hydrogens (tertiary/aromatic N) is 3. The van der Waals surface area contributed by atoms with Crippen molar-refractivity contribution in [1.82, 2.24) is 9.47 Å². The summed E-state index contributed by atoms with van der Waals surface area (Å²) in [4.78, 5) is 24.7. The lowest BCUT2D eigenvalue weighted by Crippen LogP contribution is -2.26. The Morgan fingerprint density at radius 2 is 1.68 bits per heavy atom. The second-order valence-corrected chi connectivity index (χ2v) is 5.68. The molecule has 1 aromatic heterocycles. The molecule has 126 valence electrons. The summed E-state index contributed by atoms with van der Waals surface area (Å²) >= 11 is 0. The van der Waals surface area contributed by atoms with Gasteiger partial charge in [0.05, 0.1) is 11.5 Å². The SMILES string of the molecule is CN(Cc1ccccc1[N+](=O)[O-])C(=O)c1ccc(-n2cccc2)cc1. The van der Waals surface area contributed by atoms with Crippen LogP contribution < -0.4 is 0 Å². The van der Waals surface area contributed by atoms with Gasteiger partial charge in [-0.15, -0.1) is 0 Å². The van der Waals surface area contributed by atoms with Crippen LogP contribution in [0.4, 0.5) is 5.69 Å². The molecule has 0 N–H and O–H groups in total. The predicted octanol–water partition coefficient (Wildman–Crippen LogP) is 3.66. The van der Waals surface area contributed by atoms with Gasteiger partial charge in [0.1, 0.15) is 0 Å². The van der Waals surface area contributed by atoms with Gasteiger partial charge in [0, 0.05) is 42.3 Å². The van der Waals surface area contributed by atoms with Crippen molar-refractivity contribution in [3.63, 3.8) is 0 Å². The van der Waals surface area contributed by atoms with E-state index in [-0.39, 0.29) is 18.1 Å². The smallest absolute Gasteiger partial charge is 0.274 e. The van der Waals surface area contributed by atoms with Crippen molar-refractivity contribution < 1.29 is 9.72 Å². The average Bonchev–Trinajstić information content (AvgIpc) is 3.16. The molecule has 3 aromatic rings. The number of nitro benzene ring substituents is 1. The first-order valence-electron chi connectivity index (χ1n) is 7.77.